The molecule has 2 bridgehead atoms. The maximum absolute atomic E-state index is 13.3. The lowest BCUT2D eigenvalue weighted by atomic mass is 9.74. The second-order valence-electron chi connectivity index (χ2n) is 8.36. The number of halogens is 2. The van der Waals surface area contributed by atoms with Gasteiger partial charge in [0.1, 0.15) is 5.82 Å². The third-order valence-corrected chi connectivity index (χ3v) is 6.58. The van der Waals surface area contributed by atoms with Crippen molar-refractivity contribution in [2.45, 2.75) is 62.4 Å². The summed E-state index contributed by atoms with van der Waals surface area (Å²) in [6.45, 7) is 1.98. The van der Waals surface area contributed by atoms with E-state index in [1.54, 1.807) is 0 Å². The van der Waals surface area contributed by atoms with Crippen LogP contribution in [0.4, 0.5) is 4.39 Å². The van der Waals surface area contributed by atoms with Gasteiger partial charge in [0, 0.05) is 43.7 Å². The number of ether oxygens (including phenoxy) is 1. The first kappa shape index (κ1) is 20.6. The molecule has 4 rings (SSSR count). The summed E-state index contributed by atoms with van der Waals surface area (Å²) in [6.07, 6.45) is 7.12. The predicted octanol–water partition coefficient (Wildman–Crippen LogP) is 3.33. The number of rotatable bonds is 5. The molecule has 2 N–H and O–H groups in total. The third-order valence-electron chi connectivity index (χ3n) is 6.58. The molecule has 3 aliphatic rings. The Labute approximate surface area is 167 Å². The zero-order chi connectivity index (χ0) is 18.0. The van der Waals surface area contributed by atoms with Gasteiger partial charge in [-0.3, -0.25) is 4.79 Å². The molecule has 3 saturated heterocycles. The minimum atomic E-state index is -0.222. The Kier molecular flexibility index (Phi) is 6.77. The van der Waals surface area contributed by atoms with Gasteiger partial charge < -0.3 is 15.4 Å². The van der Waals surface area contributed by atoms with Crippen LogP contribution in [0.25, 0.3) is 0 Å². The molecule has 3 aliphatic heterocycles. The number of carbonyl (C=O) groups is 1. The first-order chi connectivity index (χ1) is 12.6. The normalized spacial score (nSPS) is 29.0. The molecule has 0 radical (unpaired) electrons. The van der Waals surface area contributed by atoms with Gasteiger partial charge in [-0.15, -0.1) is 12.4 Å². The van der Waals surface area contributed by atoms with E-state index in [0.29, 0.717) is 44.2 Å². The average molecular weight is 397 g/mol. The highest BCUT2D eigenvalue weighted by Crippen LogP contribution is 2.35. The van der Waals surface area contributed by atoms with E-state index in [2.05, 4.69) is 10.6 Å². The third kappa shape index (κ3) is 4.82. The zero-order valence-corrected chi connectivity index (χ0v) is 16.5. The molecule has 4 nitrogen and oxygen atoms in total. The highest BCUT2D eigenvalue weighted by atomic mass is 35.5. The SMILES string of the molecule is Cl.O=C(CC1CC2CCC(C1)N2)NCC1(c2ccc(F)cc2)CCOCC1. The molecule has 3 fully saturated rings. The number of hydrogen-bond donors (Lipinski definition) is 2. The highest BCUT2D eigenvalue weighted by molar-refractivity contribution is 5.85. The van der Waals surface area contributed by atoms with E-state index in [9.17, 15) is 9.18 Å². The van der Waals surface area contributed by atoms with Crippen LogP contribution in [0.5, 0.6) is 0 Å². The van der Waals surface area contributed by atoms with E-state index in [4.69, 9.17) is 4.74 Å². The number of amides is 1. The number of fused-ring (bicyclic) bond motifs is 2. The Hall–Kier alpha value is -1.17. The summed E-state index contributed by atoms with van der Waals surface area (Å²) in [5.74, 6) is 0.440. The zero-order valence-electron chi connectivity index (χ0n) is 15.7. The fraction of sp³-hybridized carbons (Fsp3) is 0.667. The standard InChI is InChI=1S/C21H29FN2O2.ClH/c22-17-3-1-16(2-4-17)21(7-9-26-10-8-21)14-23-20(25)13-15-11-18-5-6-19(12-15)24-18;/h1-4,15,18-19,24H,5-14H2,(H,23,25);1H. The van der Waals surface area contributed by atoms with Crippen molar-refractivity contribution in [2.75, 3.05) is 19.8 Å². The molecule has 1 amide bonds. The molecule has 1 aromatic rings. The van der Waals surface area contributed by atoms with Gasteiger partial charge in [0.15, 0.2) is 0 Å². The van der Waals surface area contributed by atoms with Gasteiger partial charge >= 0.3 is 0 Å². The number of benzene rings is 1. The second-order valence-corrected chi connectivity index (χ2v) is 8.36. The molecule has 0 aliphatic carbocycles. The van der Waals surface area contributed by atoms with Gasteiger partial charge in [0.2, 0.25) is 5.91 Å². The van der Waals surface area contributed by atoms with Crippen LogP contribution in [0.3, 0.4) is 0 Å². The van der Waals surface area contributed by atoms with Crippen molar-refractivity contribution in [3.8, 4) is 0 Å². The highest BCUT2D eigenvalue weighted by Gasteiger charge is 2.36. The van der Waals surface area contributed by atoms with Crippen LogP contribution in [0, 0.1) is 11.7 Å². The first-order valence-electron chi connectivity index (χ1n) is 9.99. The summed E-state index contributed by atoms with van der Waals surface area (Å²) >= 11 is 0. The van der Waals surface area contributed by atoms with Crippen LogP contribution in [0.15, 0.2) is 24.3 Å². The topological polar surface area (TPSA) is 50.4 Å². The van der Waals surface area contributed by atoms with Crippen LogP contribution in [0.2, 0.25) is 0 Å². The molecule has 0 saturated carbocycles. The number of piperidine rings is 1. The van der Waals surface area contributed by atoms with Crippen molar-refractivity contribution in [2.24, 2.45) is 5.92 Å². The van der Waals surface area contributed by atoms with Crippen molar-refractivity contribution in [3.05, 3.63) is 35.6 Å². The maximum Gasteiger partial charge on any atom is 0.220 e. The molecule has 2 unspecified atom stereocenters. The summed E-state index contributed by atoms with van der Waals surface area (Å²) in [5.41, 5.74) is 0.955. The Morgan fingerprint density at radius 1 is 1.15 bits per heavy atom. The Bertz CT molecular complexity index is 622. The molecule has 6 heteroatoms. The monoisotopic (exact) mass is 396 g/mol. The molecule has 0 spiro atoms. The Morgan fingerprint density at radius 3 is 2.41 bits per heavy atom. The van der Waals surface area contributed by atoms with Gasteiger partial charge in [-0.05, 0) is 62.1 Å². The summed E-state index contributed by atoms with van der Waals surface area (Å²) in [6, 6.07) is 7.98. The van der Waals surface area contributed by atoms with Crippen molar-refractivity contribution in [1.29, 1.82) is 0 Å². The minimum absolute atomic E-state index is 0. The molecule has 0 aromatic heterocycles. The average Bonchev–Trinajstić information content (AvgIpc) is 3.00. The lowest BCUT2D eigenvalue weighted by molar-refractivity contribution is -0.122. The van der Waals surface area contributed by atoms with E-state index >= 15 is 0 Å². The Balaban J connectivity index is 0.00000210. The van der Waals surface area contributed by atoms with Crippen LogP contribution >= 0.6 is 12.4 Å². The first-order valence-corrected chi connectivity index (χ1v) is 9.99. The number of hydrogen-bond acceptors (Lipinski definition) is 3. The minimum Gasteiger partial charge on any atom is -0.381 e. The van der Waals surface area contributed by atoms with Crippen molar-refractivity contribution in [1.82, 2.24) is 10.6 Å². The fourth-order valence-electron chi connectivity index (χ4n) is 5.08. The second kappa shape index (κ2) is 8.89. The summed E-state index contributed by atoms with van der Waals surface area (Å²) in [4.78, 5) is 12.6. The summed E-state index contributed by atoms with van der Waals surface area (Å²) in [7, 11) is 0. The van der Waals surface area contributed by atoms with E-state index < -0.39 is 0 Å². The number of carbonyl (C=O) groups excluding carboxylic acids is 1. The molecule has 2 atom stereocenters. The van der Waals surface area contributed by atoms with Crippen molar-refractivity contribution >= 4 is 18.3 Å². The van der Waals surface area contributed by atoms with Gasteiger partial charge in [0.25, 0.3) is 0 Å². The summed E-state index contributed by atoms with van der Waals surface area (Å²) in [5, 5.41) is 6.83. The molecule has 1 aromatic carbocycles. The van der Waals surface area contributed by atoms with E-state index in [0.717, 1.165) is 31.2 Å². The molecule has 3 heterocycles. The quantitative estimate of drug-likeness (QED) is 0.802. The van der Waals surface area contributed by atoms with E-state index in [-0.39, 0.29) is 29.5 Å². The molecule has 27 heavy (non-hydrogen) atoms. The van der Waals surface area contributed by atoms with E-state index in [1.807, 2.05) is 12.1 Å². The van der Waals surface area contributed by atoms with Crippen LogP contribution < -0.4 is 10.6 Å². The molecular formula is C21H30ClFN2O2. The van der Waals surface area contributed by atoms with Gasteiger partial charge in [-0.2, -0.15) is 0 Å². The maximum atomic E-state index is 13.3. The largest absolute Gasteiger partial charge is 0.381 e. The lowest BCUT2D eigenvalue weighted by Crippen LogP contribution is -2.45. The van der Waals surface area contributed by atoms with Crippen LogP contribution in [0.1, 0.15) is 50.5 Å². The Morgan fingerprint density at radius 2 is 1.78 bits per heavy atom. The van der Waals surface area contributed by atoms with Gasteiger partial charge in [-0.1, -0.05) is 12.1 Å². The predicted molar refractivity (Wildman–Crippen MR) is 106 cm³/mol. The van der Waals surface area contributed by atoms with Gasteiger partial charge in [-0.25, -0.2) is 4.39 Å². The van der Waals surface area contributed by atoms with Crippen LogP contribution in [-0.4, -0.2) is 37.7 Å². The van der Waals surface area contributed by atoms with Crippen LogP contribution in [-0.2, 0) is 14.9 Å². The molecular weight excluding hydrogens is 367 g/mol. The fourth-order valence-corrected chi connectivity index (χ4v) is 5.08. The van der Waals surface area contributed by atoms with Crippen molar-refractivity contribution < 1.29 is 13.9 Å². The molecule has 150 valence electrons. The lowest BCUT2D eigenvalue weighted by Gasteiger charge is -2.38. The summed E-state index contributed by atoms with van der Waals surface area (Å²) < 4.78 is 18.9. The van der Waals surface area contributed by atoms with E-state index in [1.165, 1.54) is 25.0 Å². The van der Waals surface area contributed by atoms with Gasteiger partial charge in [0.05, 0.1) is 0 Å². The smallest absolute Gasteiger partial charge is 0.220 e. The number of nitrogens with one attached hydrogen (secondary N) is 2. The van der Waals surface area contributed by atoms with Crippen molar-refractivity contribution in [3.63, 3.8) is 0 Å².